The summed E-state index contributed by atoms with van der Waals surface area (Å²) in [6.07, 6.45) is 4.65. The summed E-state index contributed by atoms with van der Waals surface area (Å²) >= 11 is 0. The van der Waals surface area contributed by atoms with E-state index in [9.17, 15) is 4.79 Å². The number of nitrogens with one attached hydrogen (secondary N) is 1. The second-order valence-electron chi connectivity index (χ2n) is 8.79. The van der Waals surface area contributed by atoms with Crippen LogP contribution in [-0.4, -0.2) is 52.0 Å². The van der Waals surface area contributed by atoms with Crippen LogP contribution in [0.3, 0.4) is 0 Å². The lowest BCUT2D eigenvalue weighted by molar-refractivity contribution is 0.147. The Hall–Kier alpha value is -3.02. The molecule has 1 saturated heterocycles. The van der Waals surface area contributed by atoms with E-state index in [0.29, 0.717) is 19.7 Å². The molecular formula is C25H30N4O2. The number of nitrogens with zero attached hydrogens (tertiary/aromatic N) is 3. The Bertz CT molecular complexity index is 1110. The standard InChI is InChI=1S/C25H30N4O2/c1-17-13-20(19-7-8-22-23(15-19)27-18(2)26-22)14-21-16-29(11-12-31-24(17)21)25(30)28-9-5-3-4-6-10-28/h7-8,13-15H,3-6,9-12,16H2,1-2H3,(H,26,27). The van der Waals surface area contributed by atoms with Gasteiger partial charge in [0, 0.05) is 18.7 Å². The van der Waals surface area contributed by atoms with Crippen LogP contribution >= 0.6 is 0 Å². The molecule has 2 aromatic carbocycles. The molecule has 1 N–H and O–H groups in total. The number of rotatable bonds is 1. The van der Waals surface area contributed by atoms with Gasteiger partial charge in [-0.2, -0.15) is 0 Å². The average Bonchev–Trinajstić information content (AvgIpc) is 2.95. The van der Waals surface area contributed by atoms with Crippen molar-refractivity contribution in [2.75, 3.05) is 26.2 Å². The van der Waals surface area contributed by atoms with Crippen molar-refractivity contribution in [3.63, 3.8) is 0 Å². The van der Waals surface area contributed by atoms with E-state index >= 15 is 0 Å². The number of ether oxygens (including phenoxy) is 1. The summed E-state index contributed by atoms with van der Waals surface area (Å²) < 4.78 is 6.11. The lowest BCUT2D eigenvalue weighted by atomic mass is 9.98. The van der Waals surface area contributed by atoms with E-state index in [2.05, 4.69) is 47.2 Å². The summed E-state index contributed by atoms with van der Waals surface area (Å²) in [5.74, 6) is 1.84. The molecule has 162 valence electrons. The number of imidazole rings is 1. The van der Waals surface area contributed by atoms with E-state index < -0.39 is 0 Å². The summed E-state index contributed by atoms with van der Waals surface area (Å²) in [6.45, 7) is 7.54. The van der Waals surface area contributed by atoms with Gasteiger partial charge in [0.15, 0.2) is 0 Å². The first-order valence-electron chi connectivity index (χ1n) is 11.4. The van der Waals surface area contributed by atoms with Crippen LogP contribution in [0.2, 0.25) is 0 Å². The fourth-order valence-corrected chi connectivity index (χ4v) is 4.82. The van der Waals surface area contributed by atoms with Gasteiger partial charge in [-0.05, 0) is 67.6 Å². The van der Waals surface area contributed by atoms with E-state index in [1.165, 1.54) is 12.8 Å². The fraction of sp³-hybridized carbons (Fsp3) is 0.440. The summed E-state index contributed by atoms with van der Waals surface area (Å²) in [6, 6.07) is 10.8. The van der Waals surface area contributed by atoms with Crippen LogP contribution in [0, 0.1) is 13.8 Å². The number of aromatic amines is 1. The predicted octanol–water partition coefficient (Wildman–Crippen LogP) is 5.04. The number of hydrogen-bond acceptors (Lipinski definition) is 3. The molecule has 0 spiro atoms. The molecule has 3 aromatic rings. The molecule has 3 heterocycles. The van der Waals surface area contributed by atoms with Crippen molar-refractivity contribution < 1.29 is 9.53 Å². The number of amides is 2. The summed E-state index contributed by atoms with van der Waals surface area (Å²) in [4.78, 5) is 25.1. The van der Waals surface area contributed by atoms with Crippen molar-refractivity contribution >= 4 is 17.1 Å². The highest BCUT2D eigenvalue weighted by atomic mass is 16.5. The predicted molar refractivity (Wildman–Crippen MR) is 122 cm³/mol. The third-order valence-corrected chi connectivity index (χ3v) is 6.40. The van der Waals surface area contributed by atoms with Crippen LogP contribution in [0.5, 0.6) is 5.75 Å². The maximum atomic E-state index is 13.2. The zero-order valence-corrected chi connectivity index (χ0v) is 18.4. The molecule has 0 radical (unpaired) electrons. The van der Waals surface area contributed by atoms with Gasteiger partial charge in [0.1, 0.15) is 18.2 Å². The number of aryl methyl sites for hydroxylation is 2. The number of carbonyl (C=O) groups excluding carboxylic acids is 1. The zero-order valence-electron chi connectivity index (χ0n) is 18.4. The molecule has 6 nitrogen and oxygen atoms in total. The normalized spacial score (nSPS) is 17.1. The Balaban J connectivity index is 1.45. The Morgan fingerprint density at radius 3 is 2.58 bits per heavy atom. The third kappa shape index (κ3) is 3.99. The largest absolute Gasteiger partial charge is 0.491 e. The maximum absolute atomic E-state index is 13.2. The van der Waals surface area contributed by atoms with Crippen molar-refractivity contribution in [3.8, 4) is 16.9 Å². The average molecular weight is 419 g/mol. The number of carbonyl (C=O) groups is 1. The molecule has 0 saturated carbocycles. The molecule has 0 aliphatic carbocycles. The molecule has 2 aliphatic heterocycles. The minimum absolute atomic E-state index is 0.149. The Morgan fingerprint density at radius 1 is 0.968 bits per heavy atom. The molecule has 6 heteroatoms. The highest BCUT2D eigenvalue weighted by Gasteiger charge is 2.26. The molecule has 0 unspecified atom stereocenters. The van der Waals surface area contributed by atoms with Crippen molar-refractivity contribution in [2.45, 2.75) is 46.1 Å². The van der Waals surface area contributed by atoms with E-state index in [0.717, 1.165) is 70.8 Å². The van der Waals surface area contributed by atoms with Crippen LogP contribution in [0.15, 0.2) is 30.3 Å². The van der Waals surface area contributed by atoms with Gasteiger partial charge >= 0.3 is 6.03 Å². The quantitative estimate of drug-likeness (QED) is 0.602. The van der Waals surface area contributed by atoms with Crippen LogP contribution in [0.25, 0.3) is 22.2 Å². The number of hydrogen-bond donors (Lipinski definition) is 1. The van der Waals surface area contributed by atoms with Gasteiger partial charge in [-0.1, -0.05) is 18.9 Å². The lowest BCUT2D eigenvalue weighted by Crippen LogP contribution is -2.44. The summed E-state index contributed by atoms with van der Waals surface area (Å²) in [7, 11) is 0. The topological polar surface area (TPSA) is 61.5 Å². The van der Waals surface area contributed by atoms with Gasteiger partial charge in [0.2, 0.25) is 0 Å². The highest BCUT2D eigenvalue weighted by Crippen LogP contribution is 2.34. The van der Waals surface area contributed by atoms with Gasteiger partial charge in [0.05, 0.1) is 24.1 Å². The second kappa shape index (κ2) is 8.25. The molecule has 1 fully saturated rings. The fourth-order valence-electron chi connectivity index (χ4n) is 4.82. The number of likely N-dealkylation sites (tertiary alicyclic amines) is 1. The van der Waals surface area contributed by atoms with Gasteiger partial charge in [0.25, 0.3) is 0 Å². The van der Waals surface area contributed by atoms with Crippen LogP contribution in [0.4, 0.5) is 4.79 Å². The SMILES string of the molecule is Cc1nc2ccc(-c3cc(C)c4c(c3)CN(C(=O)N3CCCCCC3)CCO4)cc2[nH]1. The van der Waals surface area contributed by atoms with Crippen molar-refractivity contribution in [3.05, 3.63) is 47.3 Å². The Morgan fingerprint density at radius 2 is 1.77 bits per heavy atom. The lowest BCUT2D eigenvalue weighted by Gasteiger charge is -2.28. The zero-order chi connectivity index (χ0) is 21.4. The first-order valence-corrected chi connectivity index (χ1v) is 11.4. The summed E-state index contributed by atoms with van der Waals surface area (Å²) in [5, 5.41) is 0. The maximum Gasteiger partial charge on any atom is 0.320 e. The minimum Gasteiger partial charge on any atom is -0.491 e. The van der Waals surface area contributed by atoms with Crippen LogP contribution in [-0.2, 0) is 6.54 Å². The minimum atomic E-state index is 0.149. The van der Waals surface area contributed by atoms with Crippen molar-refractivity contribution in [2.24, 2.45) is 0 Å². The van der Waals surface area contributed by atoms with Gasteiger partial charge in [-0.3, -0.25) is 0 Å². The van der Waals surface area contributed by atoms with Gasteiger partial charge < -0.3 is 19.5 Å². The van der Waals surface area contributed by atoms with Gasteiger partial charge in [-0.15, -0.1) is 0 Å². The number of aromatic nitrogens is 2. The number of urea groups is 1. The number of H-pyrrole nitrogens is 1. The van der Waals surface area contributed by atoms with E-state index in [-0.39, 0.29) is 6.03 Å². The first-order chi connectivity index (χ1) is 15.1. The van der Waals surface area contributed by atoms with Crippen LogP contribution < -0.4 is 4.74 Å². The summed E-state index contributed by atoms with van der Waals surface area (Å²) in [5.41, 5.74) is 6.48. The third-order valence-electron chi connectivity index (χ3n) is 6.40. The molecule has 2 amide bonds. The molecule has 2 aliphatic rings. The van der Waals surface area contributed by atoms with E-state index in [1.54, 1.807) is 0 Å². The number of fused-ring (bicyclic) bond motifs is 2. The molecule has 0 atom stereocenters. The molecule has 1 aromatic heterocycles. The molecular weight excluding hydrogens is 388 g/mol. The Labute approximate surface area is 183 Å². The highest BCUT2D eigenvalue weighted by molar-refractivity contribution is 5.82. The van der Waals surface area contributed by atoms with Crippen molar-refractivity contribution in [1.82, 2.24) is 19.8 Å². The molecule has 0 bridgehead atoms. The van der Waals surface area contributed by atoms with Crippen LogP contribution in [0.1, 0.15) is 42.6 Å². The van der Waals surface area contributed by atoms with E-state index in [1.807, 2.05) is 16.7 Å². The van der Waals surface area contributed by atoms with Gasteiger partial charge in [-0.25, -0.2) is 9.78 Å². The van der Waals surface area contributed by atoms with Crippen molar-refractivity contribution in [1.29, 1.82) is 0 Å². The number of benzene rings is 2. The first kappa shape index (κ1) is 19.9. The molecule has 31 heavy (non-hydrogen) atoms. The monoisotopic (exact) mass is 418 g/mol. The molecule has 5 rings (SSSR count). The van der Waals surface area contributed by atoms with E-state index in [4.69, 9.17) is 4.74 Å². The smallest absolute Gasteiger partial charge is 0.320 e. The Kier molecular flexibility index (Phi) is 5.30. The second-order valence-corrected chi connectivity index (χ2v) is 8.79.